The summed E-state index contributed by atoms with van der Waals surface area (Å²) in [6, 6.07) is 7.08. The molecule has 1 aromatic rings. The summed E-state index contributed by atoms with van der Waals surface area (Å²) in [5.41, 5.74) is 2.29. The zero-order chi connectivity index (χ0) is 11.1. The Labute approximate surface area is 91.2 Å². The minimum absolute atomic E-state index is 0.0901. The van der Waals surface area contributed by atoms with E-state index in [0.29, 0.717) is 6.61 Å². The van der Waals surface area contributed by atoms with Gasteiger partial charge in [0.1, 0.15) is 5.75 Å². The van der Waals surface area contributed by atoms with Crippen LogP contribution in [0, 0.1) is 13.0 Å². The Balaban J connectivity index is 2.44. The molecule has 0 aliphatic carbocycles. The smallest absolute Gasteiger partial charge is 0.209 e. The third kappa shape index (κ3) is 1.53. The van der Waals surface area contributed by atoms with Crippen molar-refractivity contribution in [2.24, 2.45) is 0 Å². The molecule has 1 aromatic carbocycles. The van der Waals surface area contributed by atoms with Crippen LogP contribution in [0.15, 0.2) is 12.1 Å². The van der Waals surface area contributed by atoms with Crippen LogP contribution < -0.4 is 4.74 Å². The first kappa shape index (κ1) is 10.5. The first-order chi connectivity index (χ1) is 7.07. The van der Waals surface area contributed by atoms with Crippen molar-refractivity contribution in [1.29, 1.82) is 0 Å². The predicted molar refractivity (Wildman–Crippen MR) is 59.1 cm³/mol. The molecule has 1 unspecified atom stereocenters. The first-order valence-corrected chi connectivity index (χ1v) is 5.37. The highest BCUT2D eigenvalue weighted by Crippen LogP contribution is 2.44. The monoisotopic (exact) mass is 205 g/mol. The third-order valence-corrected chi connectivity index (χ3v) is 2.94. The summed E-state index contributed by atoms with van der Waals surface area (Å²) in [4.78, 5) is 0. The van der Waals surface area contributed by atoms with Gasteiger partial charge in [-0.15, -0.1) is 0 Å². The number of rotatable bonds is 2. The van der Waals surface area contributed by atoms with Crippen LogP contribution in [0.1, 0.15) is 31.9 Å². The number of ether oxygens (including phenoxy) is 2. The van der Waals surface area contributed by atoms with Gasteiger partial charge in [-0.25, -0.2) is 0 Å². The van der Waals surface area contributed by atoms with Gasteiger partial charge >= 0.3 is 0 Å². The molecule has 1 atom stereocenters. The maximum absolute atomic E-state index is 5.80. The standard InChI is InChI=1S/C13H17O2/c1-5-14-12-13(3,4)11-9(2)7-6-8-10(11)15-12/h6,8,12H,5H2,1-4H3. The number of fused-ring (bicyclic) bond motifs is 1. The molecule has 0 aromatic heterocycles. The van der Waals surface area contributed by atoms with Crippen molar-refractivity contribution < 1.29 is 9.47 Å². The Kier molecular flexibility index (Phi) is 2.47. The van der Waals surface area contributed by atoms with Gasteiger partial charge in [0.2, 0.25) is 6.29 Å². The van der Waals surface area contributed by atoms with E-state index in [2.05, 4.69) is 26.8 Å². The molecular weight excluding hydrogens is 188 g/mol. The maximum Gasteiger partial charge on any atom is 0.209 e. The first-order valence-electron chi connectivity index (χ1n) is 5.37. The highest BCUT2D eigenvalue weighted by Gasteiger charge is 2.43. The van der Waals surface area contributed by atoms with Crippen molar-refractivity contribution in [2.75, 3.05) is 6.61 Å². The summed E-state index contributed by atoms with van der Waals surface area (Å²) in [5.74, 6) is 0.940. The molecule has 2 nitrogen and oxygen atoms in total. The highest BCUT2D eigenvalue weighted by atomic mass is 16.7. The fourth-order valence-electron chi connectivity index (χ4n) is 2.26. The Hall–Kier alpha value is -1.02. The molecule has 1 aliphatic heterocycles. The lowest BCUT2D eigenvalue weighted by Gasteiger charge is -2.25. The Morgan fingerprint density at radius 2 is 2.27 bits per heavy atom. The Morgan fingerprint density at radius 1 is 1.53 bits per heavy atom. The molecule has 15 heavy (non-hydrogen) atoms. The highest BCUT2D eigenvalue weighted by molar-refractivity contribution is 5.47. The molecular formula is C13H17O2. The summed E-state index contributed by atoms with van der Waals surface area (Å²) in [7, 11) is 0. The minimum atomic E-state index is -0.174. The van der Waals surface area contributed by atoms with Crippen molar-refractivity contribution in [3.8, 4) is 5.75 Å². The van der Waals surface area contributed by atoms with E-state index >= 15 is 0 Å². The third-order valence-electron chi connectivity index (χ3n) is 2.94. The van der Waals surface area contributed by atoms with Crippen molar-refractivity contribution in [1.82, 2.24) is 0 Å². The van der Waals surface area contributed by atoms with E-state index in [4.69, 9.17) is 9.47 Å². The molecule has 0 fully saturated rings. The fraction of sp³-hybridized carbons (Fsp3) is 0.538. The van der Waals surface area contributed by atoms with E-state index < -0.39 is 0 Å². The summed E-state index contributed by atoms with van der Waals surface area (Å²) in [5, 5.41) is 0. The molecule has 81 valence electrons. The zero-order valence-electron chi connectivity index (χ0n) is 9.76. The van der Waals surface area contributed by atoms with Gasteiger partial charge in [0.15, 0.2) is 0 Å². The minimum Gasteiger partial charge on any atom is -0.464 e. The molecule has 0 saturated carbocycles. The van der Waals surface area contributed by atoms with Crippen LogP contribution in [0.2, 0.25) is 0 Å². The second kappa shape index (κ2) is 3.53. The average Bonchev–Trinajstić information content (AvgIpc) is 2.40. The predicted octanol–water partition coefficient (Wildman–Crippen LogP) is 2.83. The summed E-state index contributed by atoms with van der Waals surface area (Å²) in [6.45, 7) is 9.03. The topological polar surface area (TPSA) is 18.5 Å². The van der Waals surface area contributed by atoms with Gasteiger partial charge < -0.3 is 9.47 Å². The lowest BCUT2D eigenvalue weighted by atomic mass is 9.83. The van der Waals surface area contributed by atoms with E-state index in [1.54, 1.807) is 0 Å². The SMILES string of the molecule is CCOC1Oc2cc[c]c(C)c2C1(C)C. The maximum atomic E-state index is 5.80. The zero-order valence-corrected chi connectivity index (χ0v) is 9.76. The number of hydrogen-bond acceptors (Lipinski definition) is 2. The largest absolute Gasteiger partial charge is 0.464 e. The lowest BCUT2D eigenvalue weighted by Crippen LogP contribution is -2.35. The molecule has 0 saturated heterocycles. The molecule has 2 rings (SSSR count). The molecule has 0 bridgehead atoms. The van der Waals surface area contributed by atoms with Crippen molar-refractivity contribution in [3.05, 3.63) is 29.3 Å². The van der Waals surface area contributed by atoms with Gasteiger partial charge in [-0.2, -0.15) is 0 Å². The van der Waals surface area contributed by atoms with E-state index in [9.17, 15) is 0 Å². The fourth-order valence-corrected chi connectivity index (χ4v) is 2.26. The normalized spacial score (nSPS) is 22.3. The quantitative estimate of drug-likeness (QED) is 0.739. The molecule has 1 radical (unpaired) electrons. The van der Waals surface area contributed by atoms with Crippen LogP contribution >= 0.6 is 0 Å². The van der Waals surface area contributed by atoms with Crippen LogP contribution in [-0.2, 0) is 10.2 Å². The van der Waals surface area contributed by atoms with E-state index in [1.165, 1.54) is 5.56 Å². The average molecular weight is 205 g/mol. The Bertz CT molecular complexity index is 369. The second-order valence-corrected chi connectivity index (χ2v) is 4.47. The van der Waals surface area contributed by atoms with Crippen LogP contribution in [0.25, 0.3) is 0 Å². The van der Waals surface area contributed by atoms with Gasteiger partial charge in [-0.1, -0.05) is 6.07 Å². The summed E-state index contributed by atoms with van der Waals surface area (Å²) >= 11 is 0. The van der Waals surface area contributed by atoms with Crippen LogP contribution in [0.4, 0.5) is 0 Å². The Morgan fingerprint density at radius 3 is 2.87 bits per heavy atom. The molecule has 1 heterocycles. The molecule has 1 aliphatic rings. The number of aryl methyl sites for hydroxylation is 1. The van der Waals surface area contributed by atoms with E-state index in [-0.39, 0.29) is 11.7 Å². The van der Waals surface area contributed by atoms with Gasteiger partial charge in [0.05, 0.1) is 5.41 Å². The molecule has 2 heteroatoms. The summed E-state index contributed by atoms with van der Waals surface area (Å²) < 4.78 is 11.4. The molecule has 0 amide bonds. The van der Waals surface area contributed by atoms with Gasteiger partial charge in [-0.3, -0.25) is 0 Å². The van der Waals surface area contributed by atoms with Crippen LogP contribution in [0.3, 0.4) is 0 Å². The van der Waals surface area contributed by atoms with E-state index in [1.807, 2.05) is 19.1 Å². The second-order valence-electron chi connectivity index (χ2n) is 4.47. The van der Waals surface area contributed by atoms with Crippen molar-refractivity contribution in [3.63, 3.8) is 0 Å². The van der Waals surface area contributed by atoms with Gasteiger partial charge in [0.25, 0.3) is 0 Å². The van der Waals surface area contributed by atoms with Crippen LogP contribution in [-0.4, -0.2) is 12.9 Å². The van der Waals surface area contributed by atoms with Gasteiger partial charge in [0, 0.05) is 12.2 Å². The van der Waals surface area contributed by atoms with E-state index in [0.717, 1.165) is 11.3 Å². The van der Waals surface area contributed by atoms with Crippen LogP contribution in [0.5, 0.6) is 5.75 Å². The number of benzene rings is 1. The van der Waals surface area contributed by atoms with Crippen molar-refractivity contribution in [2.45, 2.75) is 39.4 Å². The van der Waals surface area contributed by atoms with Gasteiger partial charge in [-0.05, 0) is 45.4 Å². The molecule has 0 spiro atoms. The summed E-state index contributed by atoms with van der Waals surface area (Å²) in [6.07, 6.45) is -0.174. The number of hydrogen-bond donors (Lipinski definition) is 0. The lowest BCUT2D eigenvalue weighted by molar-refractivity contribution is -0.0982. The molecule has 0 N–H and O–H groups in total. The van der Waals surface area contributed by atoms with Crippen molar-refractivity contribution >= 4 is 0 Å².